The Morgan fingerprint density at radius 2 is 0.882 bits per heavy atom. The smallest absolute Gasteiger partial charge is 0.269 e. The van der Waals surface area contributed by atoms with E-state index in [2.05, 4.69) is 78.0 Å². The van der Waals surface area contributed by atoms with Gasteiger partial charge < -0.3 is 15.0 Å². The number of fused-ring (bicyclic) bond motifs is 9. The van der Waals surface area contributed by atoms with Crippen LogP contribution in [0.4, 0.5) is 5.69 Å². The maximum absolute atomic E-state index is 11.6. The number of nitro groups is 1. The maximum Gasteiger partial charge on any atom is 0.269 e. The molecule has 4 aromatic heterocycles. The molecule has 0 spiro atoms. The van der Waals surface area contributed by atoms with E-state index in [0.717, 1.165) is 100 Å². The third kappa shape index (κ3) is 5.86. The summed E-state index contributed by atoms with van der Waals surface area (Å²) in [6, 6.07) is 27.6. The third-order valence-corrected chi connectivity index (χ3v) is 9.58. The van der Waals surface area contributed by atoms with Gasteiger partial charge in [0.1, 0.15) is 0 Å². The van der Waals surface area contributed by atoms with Crippen LogP contribution in [-0.4, -0.2) is 9.91 Å². The van der Waals surface area contributed by atoms with Crippen molar-refractivity contribution in [2.75, 3.05) is 0 Å². The van der Waals surface area contributed by atoms with Gasteiger partial charge in [-0.05, 0) is 121 Å². The number of rotatable bonds is 4. The van der Waals surface area contributed by atoms with Crippen LogP contribution in [0.5, 0.6) is 0 Å². The maximum atomic E-state index is 11.6. The predicted octanol–water partition coefficient (Wildman–Crippen LogP) is 10.3. The summed E-state index contributed by atoms with van der Waals surface area (Å²) in [6.45, 7) is 12.7. The topological polar surface area (TPSA) is 98.3 Å². The Hall–Kier alpha value is -5.69. The van der Waals surface area contributed by atoms with Gasteiger partial charge in [0, 0.05) is 34.9 Å². The van der Waals surface area contributed by atoms with E-state index < -0.39 is 0 Å². The van der Waals surface area contributed by atoms with Gasteiger partial charge in [-0.3, -0.25) is 10.1 Å². The van der Waals surface area contributed by atoms with E-state index >= 15 is 0 Å². The van der Waals surface area contributed by atoms with Gasteiger partial charge in [-0.25, -0.2) is 4.98 Å². The molecule has 7 aromatic rings. The molecule has 0 N–H and O–H groups in total. The molecule has 1 radical (unpaired) electrons. The zero-order valence-electron chi connectivity index (χ0n) is 29.1. The number of nitrogens with zero attached hydrogens (tertiary/aromatic N) is 5. The molecule has 8 heteroatoms. The van der Waals surface area contributed by atoms with Crippen molar-refractivity contribution in [2.45, 2.75) is 41.5 Å². The number of nitro benzene ring substituents is 1. The van der Waals surface area contributed by atoms with Crippen LogP contribution in [0, 0.1) is 51.7 Å². The first-order valence-corrected chi connectivity index (χ1v) is 16.7. The summed E-state index contributed by atoms with van der Waals surface area (Å²) in [6.07, 6.45) is 4.09. The van der Waals surface area contributed by atoms with Crippen molar-refractivity contribution < 1.29 is 22.0 Å². The molecule has 0 atom stereocenters. The molecular formula is C43H34CuN5O2-3. The van der Waals surface area contributed by atoms with Gasteiger partial charge in [0.15, 0.2) is 0 Å². The molecule has 51 heavy (non-hydrogen) atoms. The second-order valence-electron chi connectivity index (χ2n) is 13.3. The molecule has 0 saturated carbocycles. The average molecular weight is 716 g/mol. The number of aromatic nitrogens is 4. The van der Waals surface area contributed by atoms with Crippen LogP contribution in [-0.2, 0) is 17.1 Å². The molecule has 1 aliphatic rings. The van der Waals surface area contributed by atoms with E-state index in [1.165, 1.54) is 23.3 Å². The quantitative estimate of drug-likeness (QED) is 0.102. The molecule has 8 rings (SSSR count). The number of benzene rings is 3. The number of non-ortho nitro benzene ring substituents is 1. The Kier molecular flexibility index (Phi) is 8.54. The Balaban J connectivity index is 0.00000406. The van der Waals surface area contributed by atoms with Crippen molar-refractivity contribution in [3.05, 3.63) is 140 Å². The Morgan fingerprint density at radius 3 is 1.37 bits per heavy atom. The van der Waals surface area contributed by atoms with Crippen LogP contribution in [0.25, 0.3) is 78.6 Å². The molecule has 7 nitrogen and oxygen atoms in total. The van der Waals surface area contributed by atoms with Crippen molar-refractivity contribution >= 4 is 50.9 Å². The van der Waals surface area contributed by atoms with E-state index in [-0.39, 0.29) is 27.7 Å². The molecule has 0 aliphatic carbocycles. The van der Waals surface area contributed by atoms with Gasteiger partial charge in [-0.2, -0.15) is 0 Å². The average Bonchev–Trinajstić information content (AvgIpc) is 3.89. The van der Waals surface area contributed by atoms with Gasteiger partial charge in [0.25, 0.3) is 5.69 Å². The largest absolute Gasteiger partial charge is 0.657 e. The summed E-state index contributed by atoms with van der Waals surface area (Å²) >= 11 is 0. The minimum atomic E-state index is -0.383. The van der Waals surface area contributed by atoms with Crippen molar-refractivity contribution in [3.8, 4) is 33.4 Å². The van der Waals surface area contributed by atoms with E-state index in [4.69, 9.17) is 19.9 Å². The fraction of sp³-hybridized carbons (Fsp3) is 0.140. The molecule has 1 aliphatic heterocycles. The second kappa shape index (κ2) is 12.9. The zero-order chi connectivity index (χ0) is 34.8. The standard InChI is InChI=1S/C43H34N5O2.Cu/c1-23-19-25(3)39(26(4)20-23)42-35-13-11-31(44-35)32-12-14-36(45-32)43(40-27(5)21-24(2)22-28(40)6)38-18-16-34(47-38)41(33-15-17-37(42)46-33)29-7-9-30(10-8-29)48(49)50;/h7-22H,1-6H3;/q-3;. The summed E-state index contributed by atoms with van der Waals surface area (Å²) in [5.74, 6) is 0. The van der Waals surface area contributed by atoms with E-state index in [9.17, 15) is 10.1 Å². The van der Waals surface area contributed by atoms with Gasteiger partial charge >= 0.3 is 0 Å². The Bertz CT molecular complexity index is 2650. The van der Waals surface area contributed by atoms with Gasteiger partial charge in [-0.15, -0.1) is 33.1 Å². The van der Waals surface area contributed by atoms with Gasteiger partial charge in [0.2, 0.25) is 0 Å². The normalized spacial score (nSPS) is 11.6. The SMILES string of the molecule is Cc1cc(C)c(-c2c3nc(c4ccc([n-]4)c(-c4c(C)cc(C)cc4C)c4ccc([n-]4)c(-c4ccc([N+](=O)[O-])cc4)c4ccc2[n-]4)C=C3)c(C)c1.[Cu]. The van der Waals surface area contributed by atoms with Gasteiger partial charge in [0.05, 0.1) is 10.6 Å². The van der Waals surface area contributed by atoms with Crippen molar-refractivity contribution in [1.29, 1.82) is 0 Å². The molecule has 5 heterocycles. The van der Waals surface area contributed by atoms with Crippen LogP contribution in [0.3, 0.4) is 0 Å². The monoisotopic (exact) mass is 715 g/mol. The summed E-state index contributed by atoms with van der Waals surface area (Å²) < 4.78 is 0. The molecule has 0 unspecified atom stereocenters. The molecule has 0 fully saturated rings. The van der Waals surface area contributed by atoms with Crippen LogP contribution in [0.2, 0.25) is 0 Å². The molecule has 8 bridgehead atoms. The molecular weight excluding hydrogens is 682 g/mol. The third-order valence-electron chi connectivity index (χ3n) is 9.58. The zero-order valence-corrected chi connectivity index (χ0v) is 30.0. The van der Waals surface area contributed by atoms with Crippen molar-refractivity contribution in [1.82, 2.24) is 19.9 Å². The number of aryl methyl sites for hydroxylation is 6. The van der Waals surface area contributed by atoms with Crippen molar-refractivity contribution in [3.63, 3.8) is 0 Å². The summed E-state index contributed by atoms with van der Waals surface area (Å²) in [5, 5.41) is 11.6. The fourth-order valence-corrected chi connectivity index (χ4v) is 7.67. The fourth-order valence-electron chi connectivity index (χ4n) is 7.67. The minimum absolute atomic E-state index is 0. The molecule has 257 valence electrons. The van der Waals surface area contributed by atoms with E-state index in [0.29, 0.717) is 0 Å². The first kappa shape index (κ1) is 33.8. The van der Waals surface area contributed by atoms with Crippen molar-refractivity contribution in [2.24, 2.45) is 0 Å². The number of hydrogen-bond donors (Lipinski definition) is 0. The molecule has 3 aromatic carbocycles. The minimum Gasteiger partial charge on any atom is -0.657 e. The predicted molar refractivity (Wildman–Crippen MR) is 203 cm³/mol. The van der Waals surface area contributed by atoms with E-state index in [1.807, 2.05) is 36.4 Å². The molecule has 0 amide bonds. The van der Waals surface area contributed by atoms with Crippen LogP contribution in [0.15, 0.2) is 84.9 Å². The first-order chi connectivity index (χ1) is 24.0. The van der Waals surface area contributed by atoms with Gasteiger partial charge in [-0.1, -0.05) is 71.8 Å². The van der Waals surface area contributed by atoms with Crippen LogP contribution in [0.1, 0.15) is 44.8 Å². The summed E-state index contributed by atoms with van der Waals surface area (Å²) in [5.41, 5.74) is 18.9. The van der Waals surface area contributed by atoms with Crippen LogP contribution >= 0.6 is 0 Å². The Labute approximate surface area is 306 Å². The first-order valence-electron chi connectivity index (χ1n) is 16.7. The van der Waals surface area contributed by atoms with E-state index in [1.54, 1.807) is 12.1 Å². The second-order valence-corrected chi connectivity index (χ2v) is 13.3. The number of hydrogen-bond acceptors (Lipinski definition) is 3. The molecule has 0 saturated heterocycles. The Morgan fingerprint density at radius 1 is 0.490 bits per heavy atom. The summed E-state index contributed by atoms with van der Waals surface area (Å²) in [7, 11) is 0. The summed E-state index contributed by atoms with van der Waals surface area (Å²) in [4.78, 5) is 32.1. The van der Waals surface area contributed by atoms with Crippen LogP contribution < -0.4 is 15.0 Å².